The predicted molar refractivity (Wildman–Crippen MR) is 376 cm³/mol. The molecule has 0 spiro atoms. The van der Waals surface area contributed by atoms with Crippen LogP contribution in [0.2, 0.25) is 0 Å². The van der Waals surface area contributed by atoms with Crippen LogP contribution in [0.5, 0.6) is 23.0 Å². The van der Waals surface area contributed by atoms with Crippen LogP contribution < -0.4 is 25.8 Å². The van der Waals surface area contributed by atoms with Gasteiger partial charge in [0.1, 0.15) is 104 Å². The van der Waals surface area contributed by atoms with Crippen molar-refractivity contribution in [1.29, 1.82) is 0 Å². The Bertz CT molecular complexity index is 3810. The molecule has 0 aliphatic heterocycles. The number of benzene rings is 8. The quantitative estimate of drug-likeness (QED) is 0.0331. The van der Waals surface area contributed by atoms with E-state index in [4.69, 9.17) is 0 Å². The summed E-state index contributed by atoms with van der Waals surface area (Å²) in [5.74, 6) is -3.07. The van der Waals surface area contributed by atoms with Crippen LogP contribution in [0.25, 0.3) is 0 Å². The van der Waals surface area contributed by atoms with E-state index < -0.39 is 161 Å². The molecule has 0 atom stereocenters. The third-order valence-corrected chi connectivity index (χ3v) is 22.4. The molecule has 0 saturated carbocycles. The zero-order chi connectivity index (χ0) is 62.9. The number of rotatable bonds is 15. The molecule has 8 bridgehead atoms. The number of aromatic hydroxyl groups is 4. The standard InChI is InChI=1S/C28H24O16S4.C24H20P.C12H23N2.Gd.14H2O/c29-25-13-1-14-6-22(46(36,37)38)8-16(26(14)30)3-18-10-24(48(42,43)44)12-20(28(18)32)4-19-11-23(47(39,40)41)9-17(27(19)31)2-15(25)7-21(5-13)45(33,34)35;1-5-13-21(14-6-1)25(22-15-7-2-8-16-22,23-17-9-3-10-18-23)24-19-11-4-12-20-24;1-3-4-5-6-7-8-9-14-11-10-13(2)12-14;;;;;;;;;;;;;;;/h5-12,29-32H,1-4H2,(H,33,34,35)(H,36,37,38)(H,39,40,41)(H,42,43,44);1-20H;10-12H,3-9H2,1-2H3;;14*1H2/q;2*+1;+2;;;;;;;;;;;;;;/p-4. The Kier molecular flexibility index (Phi) is 51.5. The van der Waals surface area contributed by atoms with Gasteiger partial charge in [-0.15, -0.1) is 0 Å². The van der Waals surface area contributed by atoms with Crippen molar-refractivity contribution < 1.29 is 193 Å². The van der Waals surface area contributed by atoms with E-state index in [9.17, 15) is 72.3 Å². The molecule has 1 aliphatic rings. The molecular formula is C64H91GdN2O30PS4. The summed E-state index contributed by atoms with van der Waals surface area (Å²) in [6, 6.07) is 49.3. The predicted octanol–water partition coefficient (Wildman–Crippen LogP) is -3.76. The number of aryl methyl sites for hydroxylation is 2. The van der Waals surface area contributed by atoms with Crippen molar-refractivity contribution in [3.8, 4) is 23.0 Å². The van der Waals surface area contributed by atoms with Gasteiger partial charge in [0.05, 0.1) is 33.2 Å². The zero-order valence-electron chi connectivity index (χ0n) is 54.7. The third kappa shape index (κ3) is 27.2. The average Bonchev–Trinajstić information content (AvgIpc) is 0.777. The molecule has 9 aromatic rings. The van der Waals surface area contributed by atoms with Crippen LogP contribution in [-0.4, -0.2) is 154 Å². The van der Waals surface area contributed by atoms with Gasteiger partial charge in [0.15, 0.2) is 0 Å². The molecule has 102 heavy (non-hydrogen) atoms. The summed E-state index contributed by atoms with van der Waals surface area (Å²) in [6.07, 6.45) is 11.6. The Morgan fingerprint density at radius 1 is 0.363 bits per heavy atom. The van der Waals surface area contributed by atoms with Crippen LogP contribution in [0, 0.1) is 39.9 Å². The monoisotopic (exact) mass is 1680 g/mol. The van der Waals surface area contributed by atoms with Crippen molar-refractivity contribution in [2.24, 2.45) is 7.05 Å². The van der Waals surface area contributed by atoms with E-state index in [0.717, 1.165) is 0 Å². The molecule has 0 saturated heterocycles. The molecule has 8 aromatic carbocycles. The van der Waals surface area contributed by atoms with Crippen molar-refractivity contribution in [1.82, 2.24) is 4.57 Å². The van der Waals surface area contributed by atoms with Gasteiger partial charge in [-0.05, 0) is 154 Å². The molecule has 0 unspecified atom stereocenters. The molecule has 32 N–H and O–H groups in total. The number of nitrogens with zero attached hydrogens (tertiary/aromatic N) is 2. The Morgan fingerprint density at radius 2 is 0.569 bits per heavy atom. The molecule has 574 valence electrons. The van der Waals surface area contributed by atoms with Gasteiger partial charge in [-0.1, -0.05) is 105 Å². The van der Waals surface area contributed by atoms with Crippen LogP contribution in [0.4, 0.5) is 0 Å². The Morgan fingerprint density at radius 3 is 0.755 bits per heavy atom. The smallest absolute Gasteiger partial charge is 0.744 e. The summed E-state index contributed by atoms with van der Waals surface area (Å²) >= 11 is 0. The SMILES string of the molecule is CCCCCCCCn1cc[n+](C)c1.O.O.O.O.O.O.O.O.O.O.O.O.O.O.O=S(=O)([O-])c1cc2c(O)c(c1)Cc1cc(S(=O)(=O)[O-])cc(c1O)Cc1cc(S(=O)(=O)[O-])cc(c1O)Cc1cc(S(=O)(=O)[O-])cc(c1O)C2.[Gd+2].c1ccc([P+](c2ccccc2)(c2ccccc2)c2ccccc2)cc1. The van der Waals surface area contributed by atoms with Gasteiger partial charge in [0.25, 0.3) is 0 Å². The minimum atomic E-state index is -5.29. The van der Waals surface area contributed by atoms with Crippen LogP contribution >= 0.6 is 7.26 Å². The fraction of sp³-hybridized carbons (Fsp3) is 0.203. The fourth-order valence-corrected chi connectivity index (χ4v) is 17.2. The largest absolute Gasteiger partial charge is 2.00 e. The van der Waals surface area contributed by atoms with Crippen molar-refractivity contribution in [3.05, 3.63) is 233 Å². The summed E-state index contributed by atoms with van der Waals surface area (Å²) in [5.41, 5.74) is -3.50. The molecule has 38 heteroatoms. The molecule has 0 radical (unpaired) electrons. The van der Waals surface area contributed by atoms with Crippen molar-refractivity contribution in [3.63, 3.8) is 0 Å². The van der Waals surface area contributed by atoms with Gasteiger partial charge in [-0.2, -0.15) is 0 Å². The minimum absolute atomic E-state index is 0. The van der Waals surface area contributed by atoms with E-state index in [1.807, 2.05) is 0 Å². The molecular weight excluding hydrogens is 1590 g/mol. The average molecular weight is 1680 g/mol. The topological polar surface area (TPSA) is 760 Å². The molecule has 1 heterocycles. The summed E-state index contributed by atoms with van der Waals surface area (Å²) in [6.45, 7) is 3.44. The van der Waals surface area contributed by atoms with E-state index in [1.54, 1.807) is 0 Å². The number of fused-ring (bicyclic) bond motifs is 8. The van der Waals surface area contributed by atoms with Crippen molar-refractivity contribution in [2.75, 3.05) is 0 Å². The number of hydrogen-bond donors (Lipinski definition) is 4. The van der Waals surface area contributed by atoms with Crippen LogP contribution in [0.1, 0.15) is 90.0 Å². The van der Waals surface area contributed by atoms with E-state index in [-0.39, 0.29) is 117 Å². The van der Waals surface area contributed by atoms with E-state index in [0.29, 0.717) is 48.5 Å². The molecule has 1 aromatic heterocycles. The second-order valence-electron chi connectivity index (χ2n) is 21.0. The zero-order valence-corrected chi connectivity index (χ0v) is 61.1. The number of imidazole rings is 1. The maximum Gasteiger partial charge on any atom is 2.00 e. The van der Waals surface area contributed by atoms with Crippen molar-refractivity contribution >= 4 is 69.0 Å². The first-order chi connectivity index (χ1) is 41.2. The van der Waals surface area contributed by atoms with Crippen LogP contribution in [-0.2, 0) is 79.7 Å². The fourth-order valence-electron chi connectivity index (χ4n) is 10.6. The van der Waals surface area contributed by atoms with Gasteiger partial charge in [0, 0.05) is 25.7 Å². The summed E-state index contributed by atoms with van der Waals surface area (Å²) in [5, 5.41) is 50.2. The number of aromatic nitrogens is 2. The molecule has 10 rings (SSSR count). The van der Waals surface area contributed by atoms with Gasteiger partial charge in [0.2, 0.25) is 6.33 Å². The molecule has 1 aliphatic carbocycles. The number of unbranched alkanes of at least 4 members (excludes halogenated alkanes) is 5. The first kappa shape index (κ1) is 111. The van der Waals surface area contributed by atoms with Gasteiger partial charge >= 0.3 is 39.9 Å². The van der Waals surface area contributed by atoms with E-state index in [1.165, 1.54) is 66.3 Å². The van der Waals surface area contributed by atoms with Gasteiger partial charge < -0.3 is 115 Å². The second-order valence-corrected chi connectivity index (χ2v) is 29.9. The Balaban J connectivity index is -0.000000233. The summed E-state index contributed by atoms with van der Waals surface area (Å²) in [4.78, 5) is -3.79. The number of phenols is 4. The van der Waals surface area contributed by atoms with Crippen molar-refractivity contribution in [2.45, 2.75) is 97.3 Å². The van der Waals surface area contributed by atoms with Gasteiger partial charge in [-0.25, -0.2) is 42.8 Å². The maximum absolute atomic E-state index is 12.1. The normalized spacial score (nSPS) is 10.8. The van der Waals surface area contributed by atoms with E-state index >= 15 is 0 Å². The Hall–Kier alpha value is -7.00. The minimum Gasteiger partial charge on any atom is -0.744 e. The van der Waals surface area contributed by atoms with E-state index in [2.05, 4.69) is 163 Å². The van der Waals surface area contributed by atoms with Gasteiger partial charge in [-0.3, -0.25) is 0 Å². The third-order valence-electron chi connectivity index (χ3n) is 14.8. The Labute approximate surface area is 622 Å². The van der Waals surface area contributed by atoms with Crippen LogP contribution in [0.15, 0.2) is 208 Å². The first-order valence-electron chi connectivity index (χ1n) is 27.5. The number of phenolic OH excluding ortho intramolecular Hbond substituents is 4. The summed E-state index contributed by atoms with van der Waals surface area (Å²) < 4.78 is 149. The first-order valence-corrected chi connectivity index (χ1v) is 35.0. The second kappa shape index (κ2) is 47.4. The van der Waals surface area contributed by atoms with Crippen LogP contribution in [0.3, 0.4) is 0 Å². The summed E-state index contributed by atoms with van der Waals surface area (Å²) in [7, 11) is -21.0. The molecule has 0 amide bonds. The molecule has 32 nitrogen and oxygen atoms in total. The molecule has 0 fully saturated rings. The number of hydrogen-bond acceptors (Lipinski definition) is 16. The maximum atomic E-state index is 12.1.